The Kier molecular flexibility index (Phi) is 7.73. The van der Waals surface area contributed by atoms with Gasteiger partial charge < -0.3 is 24.9 Å². The van der Waals surface area contributed by atoms with Crippen molar-refractivity contribution in [1.29, 1.82) is 0 Å². The number of furan rings is 1. The molecule has 0 aliphatic rings. The molecule has 0 unspecified atom stereocenters. The van der Waals surface area contributed by atoms with Crippen molar-refractivity contribution in [3.8, 4) is 11.5 Å². The van der Waals surface area contributed by atoms with Gasteiger partial charge in [-0.25, -0.2) is 0 Å². The Labute approximate surface area is 225 Å². The van der Waals surface area contributed by atoms with Crippen LogP contribution in [-0.2, 0) is 11.4 Å². The van der Waals surface area contributed by atoms with Crippen LogP contribution in [0.3, 0.4) is 0 Å². The number of nitrogen functional groups attached to an aromatic ring is 1. The molecule has 0 bridgehead atoms. The average Bonchev–Trinajstić information content (AvgIpc) is 3.41. The number of carbonyl (C=O) groups is 2. The molecule has 3 N–H and O–H groups in total. The van der Waals surface area contributed by atoms with Crippen molar-refractivity contribution in [3.05, 3.63) is 114 Å². The quantitative estimate of drug-likeness (QED) is 0.166. The van der Waals surface area contributed by atoms with Gasteiger partial charge in [0.1, 0.15) is 30.3 Å². The number of para-hydroxylation sites is 4. The van der Waals surface area contributed by atoms with Crippen LogP contribution in [0.4, 0.5) is 17.3 Å². The first-order valence-corrected chi connectivity index (χ1v) is 12.4. The molecule has 2 amide bonds. The van der Waals surface area contributed by atoms with Gasteiger partial charge in [-0.15, -0.1) is 0 Å². The fourth-order valence-electron chi connectivity index (χ4n) is 4.03. The normalized spacial score (nSPS) is 10.7. The highest BCUT2D eigenvalue weighted by Gasteiger charge is 2.15. The molecule has 4 aromatic carbocycles. The molecule has 1 heterocycles. The first-order chi connectivity index (χ1) is 19.1. The standard InChI is InChI=1S/C31H27N3O5/c32-27-11-4-5-12-28(27)33-31(36)22-13-15-26(16-14-22)37-18-17-34(21-35)29-19-23-7-6-8-24(30(23)39-29)20-38-25-9-2-1-3-10-25/h1-16,19,21H,17-18,20,32H2,(H,33,36). The zero-order valence-corrected chi connectivity index (χ0v) is 21.1. The summed E-state index contributed by atoms with van der Waals surface area (Å²) in [5.74, 6) is 1.48. The van der Waals surface area contributed by atoms with E-state index in [1.54, 1.807) is 48.5 Å². The largest absolute Gasteiger partial charge is 0.492 e. The van der Waals surface area contributed by atoms with Crippen LogP contribution in [0, 0.1) is 0 Å². The van der Waals surface area contributed by atoms with Crippen LogP contribution in [0.15, 0.2) is 108 Å². The molecule has 0 atom stereocenters. The zero-order chi connectivity index (χ0) is 27.0. The van der Waals surface area contributed by atoms with E-state index in [1.165, 1.54) is 4.90 Å². The second-order valence-corrected chi connectivity index (χ2v) is 8.73. The Balaban J connectivity index is 1.18. The van der Waals surface area contributed by atoms with Crippen molar-refractivity contribution in [2.45, 2.75) is 6.61 Å². The van der Waals surface area contributed by atoms with E-state index in [9.17, 15) is 9.59 Å². The van der Waals surface area contributed by atoms with Crippen LogP contribution < -0.4 is 25.4 Å². The van der Waals surface area contributed by atoms with E-state index in [1.807, 2.05) is 54.6 Å². The number of nitrogens with zero attached hydrogens (tertiary/aromatic N) is 1. The first-order valence-electron chi connectivity index (χ1n) is 12.4. The molecule has 0 radical (unpaired) electrons. The maximum atomic E-state index is 12.5. The molecule has 8 nitrogen and oxygen atoms in total. The van der Waals surface area contributed by atoms with E-state index in [0.29, 0.717) is 47.2 Å². The lowest BCUT2D eigenvalue weighted by Gasteiger charge is -2.15. The summed E-state index contributed by atoms with van der Waals surface area (Å²) in [7, 11) is 0. The van der Waals surface area contributed by atoms with Crippen molar-refractivity contribution in [2.75, 3.05) is 29.1 Å². The third-order valence-electron chi connectivity index (χ3n) is 6.09. The summed E-state index contributed by atoms with van der Waals surface area (Å²) in [4.78, 5) is 25.8. The minimum absolute atomic E-state index is 0.228. The second kappa shape index (κ2) is 11.9. The summed E-state index contributed by atoms with van der Waals surface area (Å²) in [6.07, 6.45) is 0.712. The minimum Gasteiger partial charge on any atom is -0.492 e. The third-order valence-corrected chi connectivity index (χ3v) is 6.09. The van der Waals surface area contributed by atoms with Crippen LogP contribution >= 0.6 is 0 Å². The molecule has 0 spiro atoms. The number of ether oxygens (including phenoxy) is 2. The molecule has 8 heteroatoms. The number of benzene rings is 4. The molecule has 5 rings (SSSR count). The van der Waals surface area contributed by atoms with E-state index >= 15 is 0 Å². The van der Waals surface area contributed by atoms with Crippen molar-refractivity contribution in [1.82, 2.24) is 0 Å². The van der Waals surface area contributed by atoms with Crippen molar-refractivity contribution in [3.63, 3.8) is 0 Å². The Morgan fingerprint density at radius 3 is 2.38 bits per heavy atom. The molecule has 0 saturated carbocycles. The van der Waals surface area contributed by atoms with E-state index in [4.69, 9.17) is 19.6 Å². The maximum Gasteiger partial charge on any atom is 0.255 e. The number of carbonyl (C=O) groups excluding carboxylic acids is 2. The fraction of sp³-hybridized carbons (Fsp3) is 0.0968. The lowest BCUT2D eigenvalue weighted by molar-refractivity contribution is -0.107. The molecular weight excluding hydrogens is 494 g/mol. The van der Waals surface area contributed by atoms with Gasteiger partial charge in [-0.2, -0.15) is 0 Å². The second-order valence-electron chi connectivity index (χ2n) is 8.73. The number of nitrogens with two attached hydrogens (primary N) is 1. The molecule has 0 saturated heterocycles. The number of anilines is 3. The number of fused-ring (bicyclic) bond motifs is 1. The van der Waals surface area contributed by atoms with Gasteiger partial charge in [0.25, 0.3) is 5.91 Å². The smallest absolute Gasteiger partial charge is 0.255 e. The molecule has 39 heavy (non-hydrogen) atoms. The van der Waals surface area contributed by atoms with Gasteiger partial charge in [0.2, 0.25) is 12.3 Å². The third kappa shape index (κ3) is 6.19. The summed E-state index contributed by atoms with van der Waals surface area (Å²) in [6.45, 7) is 0.839. The van der Waals surface area contributed by atoms with Crippen molar-refractivity contribution < 1.29 is 23.5 Å². The first kappa shape index (κ1) is 25.4. The predicted molar refractivity (Wildman–Crippen MR) is 151 cm³/mol. The monoisotopic (exact) mass is 521 g/mol. The minimum atomic E-state index is -0.273. The molecule has 0 aliphatic heterocycles. The summed E-state index contributed by atoms with van der Waals surface area (Å²) in [5.41, 5.74) is 8.95. The predicted octanol–water partition coefficient (Wildman–Crippen LogP) is 5.89. The fourth-order valence-corrected chi connectivity index (χ4v) is 4.03. The molecule has 196 valence electrons. The van der Waals surface area contributed by atoms with Gasteiger partial charge in [0.05, 0.1) is 17.9 Å². The van der Waals surface area contributed by atoms with E-state index in [2.05, 4.69) is 5.32 Å². The number of hydrogen-bond donors (Lipinski definition) is 2. The van der Waals surface area contributed by atoms with Gasteiger partial charge in [-0.1, -0.05) is 48.5 Å². The Bertz CT molecular complexity index is 1560. The summed E-state index contributed by atoms with van der Waals surface area (Å²) in [5, 5.41) is 3.67. The SMILES string of the molecule is Nc1ccccc1NC(=O)c1ccc(OCCN(C=O)c2cc3cccc(COc4ccccc4)c3o2)cc1. The van der Waals surface area contributed by atoms with Crippen molar-refractivity contribution in [2.24, 2.45) is 0 Å². The van der Waals surface area contributed by atoms with Crippen LogP contribution in [0.1, 0.15) is 15.9 Å². The molecule has 1 aromatic heterocycles. The summed E-state index contributed by atoms with van der Waals surface area (Å²) >= 11 is 0. The number of hydrogen-bond acceptors (Lipinski definition) is 6. The zero-order valence-electron chi connectivity index (χ0n) is 21.1. The van der Waals surface area contributed by atoms with Gasteiger partial charge in [-0.3, -0.25) is 14.5 Å². The van der Waals surface area contributed by atoms with Crippen LogP contribution in [-0.4, -0.2) is 25.5 Å². The topological polar surface area (TPSA) is 107 Å². The highest BCUT2D eigenvalue weighted by atomic mass is 16.5. The maximum absolute atomic E-state index is 12.5. The Morgan fingerprint density at radius 1 is 0.872 bits per heavy atom. The highest BCUT2D eigenvalue weighted by Crippen LogP contribution is 2.29. The van der Waals surface area contributed by atoms with E-state index < -0.39 is 0 Å². The lowest BCUT2D eigenvalue weighted by Crippen LogP contribution is -2.26. The summed E-state index contributed by atoms with van der Waals surface area (Å²) < 4.78 is 17.7. The molecule has 5 aromatic rings. The lowest BCUT2D eigenvalue weighted by atomic mass is 10.1. The van der Waals surface area contributed by atoms with Gasteiger partial charge in [-0.05, 0) is 48.5 Å². The van der Waals surface area contributed by atoms with Crippen LogP contribution in [0.25, 0.3) is 11.0 Å². The average molecular weight is 522 g/mol. The van der Waals surface area contributed by atoms with Gasteiger partial charge in [0, 0.05) is 22.6 Å². The number of rotatable bonds is 11. The molecule has 0 aliphatic carbocycles. The highest BCUT2D eigenvalue weighted by molar-refractivity contribution is 6.05. The number of nitrogens with one attached hydrogen (secondary N) is 1. The van der Waals surface area contributed by atoms with Gasteiger partial charge in [0.15, 0.2) is 0 Å². The Morgan fingerprint density at radius 2 is 1.62 bits per heavy atom. The Hall–Kier alpha value is -5.24. The van der Waals surface area contributed by atoms with Crippen molar-refractivity contribution >= 4 is 40.5 Å². The van der Waals surface area contributed by atoms with E-state index in [0.717, 1.165) is 16.7 Å². The molecule has 0 fully saturated rings. The molecular formula is C31H27N3O5. The van der Waals surface area contributed by atoms with Crippen LogP contribution in [0.2, 0.25) is 0 Å². The number of amides is 2. The summed E-state index contributed by atoms with van der Waals surface area (Å²) in [6, 6.07) is 31.0. The van der Waals surface area contributed by atoms with Crippen LogP contribution in [0.5, 0.6) is 11.5 Å². The van der Waals surface area contributed by atoms with E-state index in [-0.39, 0.29) is 19.1 Å². The van der Waals surface area contributed by atoms with Gasteiger partial charge >= 0.3 is 0 Å².